The molecule has 1 heterocycles. The van der Waals surface area contributed by atoms with E-state index in [4.69, 9.17) is 0 Å². The molecule has 162 valence electrons. The van der Waals surface area contributed by atoms with E-state index < -0.39 is 11.7 Å². The average molecular weight is 444 g/mol. The maximum atomic E-state index is 13.6. The van der Waals surface area contributed by atoms with Crippen molar-refractivity contribution in [3.05, 3.63) is 71.9 Å². The Morgan fingerprint density at radius 2 is 1.68 bits per heavy atom. The highest BCUT2D eigenvalue weighted by Crippen LogP contribution is 2.40. The first-order valence-electron chi connectivity index (χ1n) is 10.5. The molecule has 0 N–H and O–H groups in total. The average Bonchev–Trinajstić information content (AvgIpc) is 3.30. The molecular formula is C24H24F3N3S. The second-order valence-corrected chi connectivity index (χ2v) is 8.68. The standard InChI is InChI=1S/C24H24F3N3S/c1-2-30(19-14-12-18(13-15-19)17-8-6-7-9-17)23-28-16-21(24(25,26)27)22(29-23)31-20-10-4-3-5-11-20/h3-5,10-17H,2,6-9H2,1H3. The fraction of sp³-hybridized carbons (Fsp3) is 0.333. The zero-order valence-corrected chi connectivity index (χ0v) is 18.1. The summed E-state index contributed by atoms with van der Waals surface area (Å²) in [5.74, 6) is 0.878. The van der Waals surface area contributed by atoms with Gasteiger partial charge in [-0.1, -0.05) is 54.9 Å². The number of hydrogen-bond acceptors (Lipinski definition) is 4. The number of nitrogens with zero attached hydrogens (tertiary/aromatic N) is 3. The highest BCUT2D eigenvalue weighted by Gasteiger charge is 2.36. The van der Waals surface area contributed by atoms with E-state index in [9.17, 15) is 13.2 Å². The third-order valence-corrected chi connectivity index (χ3v) is 6.61. The highest BCUT2D eigenvalue weighted by molar-refractivity contribution is 7.99. The Morgan fingerprint density at radius 3 is 2.29 bits per heavy atom. The molecule has 0 radical (unpaired) electrons. The van der Waals surface area contributed by atoms with E-state index in [0.717, 1.165) is 23.6 Å². The normalized spacial score (nSPS) is 14.7. The van der Waals surface area contributed by atoms with E-state index in [2.05, 4.69) is 22.1 Å². The fourth-order valence-corrected chi connectivity index (χ4v) is 4.91. The van der Waals surface area contributed by atoms with E-state index in [1.54, 1.807) is 24.3 Å². The smallest absolute Gasteiger partial charge is 0.311 e. The Bertz CT molecular complexity index is 1000. The lowest BCUT2D eigenvalue weighted by atomic mass is 9.97. The van der Waals surface area contributed by atoms with E-state index in [1.807, 2.05) is 30.0 Å². The molecule has 1 aromatic heterocycles. The molecule has 3 nitrogen and oxygen atoms in total. The van der Waals surface area contributed by atoms with Gasteiger partial charge >= 0.3 is 6.18 Å². The number of aromatic nitrogens is 2. The molecule has 0 saturated heterocycles. The third kappa shape index (κ3) is 5.03. The lowest BCUT2D eigenvalue weighted by Crippen LogP contribution is -2.20. The molecule has 0 atom stereocenters. The molecule has 0 spiro atoms. The molecule has 3 aromatic rings. The second kappa shape index (κ2) is 9.30. The van der Waals surface area contributed by atoms with E-state index >= 15 is 0 Å². The third-order valence-electron chi connectivity index (χ3n) is 5.59. The number of halogens is 3. The van der Waals surface area contributed by atoms with Gasteiger partial charge in [0.25, 0.3) is 0 Å². The van der Waals surface area contributed by atoms with Gasteiger partial charge in [-0.15, -0.1) is 0 Å². The van der Waals surface area contributed by atoms with Crippen LogP contribution in [0.3, 0.4) is 0 Å². The number of hydrogen-bond donors (Lipinski definition) is 0. The van der Waals surface area contributed by atoms with Crippen molar-refractivity contribution in [2.75, 3.05) is 11.4 Å². The van der Waals surface area contributed by atoms with Crippen LogP contribution < -0.4 is 4.90 Å². The molecular weight excluding hydrogens is 419 g/mol. The van der Waals surface area contributed by atoms with E-state index in [0.29, 0.717) is 17.4 Å². The van der Waals surface area contributed by atoms with Crippen molar-refractivity contribution >= 4 is 23.4 Å². The molecule has 0 bridgehead atoms. The summed E-state index contributed by atoms with van der Waals surface area (Å²) in [6.45, 7) is 2.49. The van der Waals surface area contributed by atoms with Gasteiger partial charge in [0.15, 0.2) is 0 Å². The van der Waals surface area contributed by atoms with Crippen LogP contribution in [-0.2, 0) is 6.18 Å². The molecule has 1 fully saturated rings. The Balaban J connectivity index is 1.66. The maximum absolute atomic E-state index is 13.6. The number of benzene rings is 2. The largest absolute Gasteiger partial charge is 0.420 e. The van der Waals surface area contributed by atoms with Crippen LogP contribution >= 0.6 is 11.8 Å². The SMILES string of the molecule is CCN(c1ccc(C2CCCC2)cc1)c1ncc(C(F)(F)F)c(Sc2ccccc2)n1. The topological polar surface area (TPSA) is 29.0 Å². The van der Waals surface area contributed by atoms with Crippen LogP contribution in [0.4, 0.5) is 24.8 Å². The van der Waals surface area contributed by atoms with Gasteiger partial charge in [0.1, 0.15) is 10.6 Å². The highest BCUT2D eigenvalue weighted by atomic mass is 32.2. The van der Waals surface area contributed by atoms with Crippen LogP contribution in [0.15, 0.2) is 70.7 Å². The number of anilines is 2. The summed E-state index contributed by atoms with van der Waals surface area (Å²) in [4.78, 5) is 11.0. The summed E-state index contributed by atoms with van der Waals surface area (Å²) >= 11 is 1.000. The Kier molecular flexibility index (Phi) is 6.51. The van der Waals surface area contributed by atoms with E-state index in [-0.39, 0.29) is 11.0 Å². The van der Waals surface area contributed by atoms with Gasteiger partial charge in [0.05, 0.1) is 0 Å². The minimum absolute atomic E-state index is 0.0928. The predicted molar refractivity (Wildman–Crippen MR) is 118 cm³/mol. The van der Waals surface area contributed by atoms with Gasteiger partial charge in [-0.25, -0.2) is 9.97 Å². The van der Waals surface area contributed by atoms with Crippen molar-refractivity contribution < 1.29 is 13.2 Å². The van der Waals surface area contributed by atoms with Crippen molar-refractivity contribution in [1.82, 2.24) is 9.97 Å². The molecule has 0 amide bonds. The van der Waals surface area contributed by atoms with Crippen LogP contribution in [-0.4, -0.2) is 16.5 Å². The van der Waals surface area contributed by atoms with Crippen LogP contribution in [0.2, 0.25) is 0 Å². The molecule has 4 rings (SSSR count). The fourth-order valence-electron chi connectivity index (χ4n) is 3.98. The Hall–Kier alpha value is -2.54. The van der Waals surface area contributed by atoms with Crippen molar-refractivity contribution in [2.45, 2.75) is 54.6 Å². The summed E-state index contributed by atoms with van der Waals surface area (Å²) < 4.78 is 40.7. The van der Waals surface area contributed by atoms with E-state index in [1.165, 1.54) is 31.2 Å². The summed E-state index contributed by atoms with van der Waals surface area (Å²) in [6.07, 6.45) is 1.36. The minimum Gasteiger partial charge on any atom is -0.311 e. The van der Waals surface area contributed by atoms with Gasteiger partial charge in [-0.2, -0.15) is 13.2 Å². The zero-order chi connectivity index (χ0) is 21.8. The van der Waals surface area contributed by atoms with Gasteiger partial charge in [-0.05, 0) is 55.5 Å². The second-order valence-electron chi connectivity index (χ2n) is 7.62. The first-order valence-corrected chi connectivity index (χ1v) is 11.3. The molecule has 2 aromatic carbocycles. The van der Waals surface area contributed by atoms with Crippen molar-refractivity contribution in [2.24, 2.45) is 0 Å². The molecule has 1 saturated carbocycles. The number of alkyl halides is 3. The molecule has 0 unspecified atom stereocenters. The molecule has 1 aliphatic rings. The van der Waals surface area contributed by atoms with Crippen LogP contribution in [0.1, 0.15) is 49.7 Å². The first kappa shape index (κ1) is 21.7. The van der Waals surface area contributed by atoms with Crippen molar-refractivity contribution in [3.8, 4) is 0 Å². The van der Waals surface area contributed by atoms with Gasteiger partial charge in [0, 0.05) is 23.3 Å². The van der Waals surface area contributed by atoms with Crippen molar-refractivity contribution in [3.63, 3.8) is 0 Å². The lowest BCUT2D eigenvalue weighted by Gasteiger charge is -2.23. The minimum atomic E-state index is -4.52. The molecule has 31 heavy (non-hydrogen) atoms. The maximum Gasteiger partial charge on any atom is 0.420 e. The lowest BCUT2D eigenvalue weighted by molar-refractivity contribution is -0.140. The van der Waals surface area contributed by atoms with Crippen LogP contribution in [0.5, 0.6) is 0 Å². The molecule has 0 aliphatic heterocycles. The first-order chi connectivity index (χ1) is 15.0. The Labute approximate surface area is 184 Å². The van der Waals surface area contributed by atoms with Crippen LogP contribution in [0, 0.1) is 0 Å². The summed E-state index contributed by atoms with van der Waals surface area (Å²) in [7, 11) is 0. The van der Waals surface area contributed by atoms with Gasteiger partial charge in [0.2, 0.25) is 5.95 Å². The van der Waals surface area contributed by atoms with Crippen LogP contribution in [0.25, 0.3) is 0 Å². The monoisotopic (exact) mass is 443 g/mol. The zero-order valence-electron chi connectivity index (χ0n) is 17.3. The van der Waals surface area contributed by atoms with Gasteiger partial charge in [-0.3, -0.25) is 0 Å². The molecule has 7 heteroatoms. The summed E-state index contributed by atoms with van der Waals surface area (Å²) in [6, 6.07) is 17.2. The molecule has 1 aliphatic carbocycles. The predicted octanol–water partition coefficient (Wildman–Crippen LogP) is 7.46. The quantitative estimate of drug-likeness (QED) is 0.370. The number of rotatable bonds is 6. The summed E-state index contributed by atoms with van der Waals surface area (Å²) in [5, 5.41) is -0.0928. The van der Waals surface area contributed by atoms with Gasteiger partial charge < -0.3 is 4.90 Å². The van der Waals surface area contributed by atoms with Crippen molar-refractivity contribution in [1.29, 1.82) is 0 Å². The summed E-state index contributed by atoms with van der Waals surface area (Å²) in [5.41, 5.74) is 1.38. The Morgan fingerprint density at radius 1 is 1.00 bits per heavy atom.